The zero-order valence-electron chi connectivity index (χ0n) is 14.9. The van der Waals surface area contributed by atoms with E-state index in [4.69, 9.17) is 0 Å². The molecule has 5 nitrogen and oxygen atoms in total. The van der Waals surface area contributed by atoms with Crippen LogP contribution in [0.1, 0.15) is 28.1 Å². The van der Waals surface area contributed by atoms with Gasteiger partial charge in [-0.3, -0.25) is 14.9 Å². The standard InChI is InChI=1S/C21H19N3O2S/c1-14-19(15-7-3-2-4-8-15)22-21(27-14)23-20(26)16-9-5-10-17(13-16)24-12-6-11-18(24)25/h2-5,7-10,13H,6,11-12H2,1H3,(H,22,23,26). The van der Waals surface area contributed by atoms with Crippen LogP contribution in [0.4, 0.5) is 10.8 Å². The third kappa shape index (κ3) is 3.61. The molecule has 136 valence electrons. The molecule has 1 N–H and O–H groups in total. The number of nitrogens with zero attached hydrogens (tertiary/aromatic N) is 2. The summed E-state index contributed by atoms with van der Waals surface area (Å²) >= 11 is 1.45. The van der Waals surface area contributed by atoms with E-state index in [9.17, 15) is 9.59 Å². The minimum Gasteiger partial charge on any atom is -0.312 e. The normalized spacial score (nSPS) is 13.8. The maximum atomic E-state index is 12.7. The Kier molecular flexibility index (Phi) is 4.73. The van der Waals surface area contributed by atoms with Crippen molar-refractivity contribution in [1.82, 2.24) is 4.98 Å². The van der Waals surface area contributed by atoms with E-state index in [1.54, 1.807) is 23.1 Å². The largest absolute Gasteiger partial charge is 0.312 e. The lowest BCUT2D eigenvalue weighted by molar-refractivity contribution is -0.117. The van der Waals surface area contributed by atoms with E-state index >= 15 is 0 Å². The van der Waals surface area contributed by atoms with Crippen LogP contribution in [0.3, 0.4) is 0 Å². The number of benzene rings is 2. The predicted molar refractivity (Wildman–Crippen MR) is 108 cm³/mol. The molecule has 4 rings (SSSR count). The lowest BCUT2D eigenvalue weighted by atomic mass is 10.1. The second-order valence-electron chi connectivity index (χ2n) is 6.44. The molecule has 0 unspecified atom stereocenters. The molecule has 1 aromatic heterocycles. The van der Waals surface area contributed by atoms with E-state index in [0.29, 0.717) is 23.7 Å². The summed E-state index contributed by atoms with van der Waals surface area (Å²) in [6, 6.07) is 17.1. The van der Waals surface area contributed by atoms with Crippen LogP contribution in [0, 0.1) is 6.92 Å². The monoisotopic (exact) mass is 377 g/mol. The van der Waals surface area contributed by atoms with Gasteiger partial charge in [0, 0.05) is 34.7 Å². The molecule has 1 fully saturated rings. The quantitative estimate of drug-likeness (QED) is 0.728. The van der Waals surface area contributed by atoms with Crippen molar-refractivity contribution >= 4 is 34.0 Å². The maximum absolute atomic E-state index is 12.7. The second kappa shape index (κ2) is 7.32. The Morgan fingerprint density at radius 2 is 1.96 bits per heavy atom. The van der Waals surface area contributed by atoms with Gasteiger partial charge in [-0.1, -0.05) is 36.4 Å². The summed E-state index contributed by atoms with van der Waals surface area (Å²) in [7, 11) is 0. The first-order chi connectivity index (χ1) is 13.1. The van der Waals surface area contributed by atoms with Crippen molar-refractivity contribution < 1.29 is 9.59 Å². The van der Waals surface area contributed by atoms with Crippen molar-refractivity contribution in [2.24, 2.45) is 0 Å². The Morgan fingerprint density at radius 1 is 1.15 bits per heavy atom. The van der Waals surface area contributed by atoms with Gasteiger partial charge >= 0.3 is 0 Å². The van der Waals surface area contributed by atoms with Gasteiger partial charge in [-0.25, -0.2) is 4.98 Å². The predicted octanol–water partition coefficient (Wildman–Crippen LogP) is 4.50. The molecule has 1 saturated heterocycles. The Morgan fingerprint density at radius 3 is 2.70 bits per heavy atom. The number of nitrogens with one attached hydrogen (secondary N) is 1. The summed E-state index contributed by atoms with van der Waals surface area (Å²) in [5.74, 6) is -0.118. The number of rotatable bonds is 4. The van der Waals surface area contributed by atoms with Crippen LogP contribution in [0.15, 0.2) is 54.6 Å². The fourth-order valence-electron chi connectivity index (χ4n) is 3.22. The summed E-state index contributed by atoms with van der Waals surface area (Å²) in [6.45, 7) is 2.70. The fourth-order valence-corrected chi connectivity index (χ4v) is 4.05. The summed E-state index contributed by atoms with van der Waals surface area (Å²) in [5.41, 5.74) is 3.19. The van der Waals surface area contributed by atoms with Crippen molar-refractivity contribution in [3.63, 3.8) is 0 Å². The van der Waals surface area contributed by atoms with Crippen molar-refractivity contribution in [3.05, 3.63) is 65.0 Å². The minimum atomic E-state index is -0.225. The topological polar surface area (TPSA) is 62.3 Å². The van der Waals surface area contributed by atoms with Gasteiger partial charge in [-0.05, 0) is 31.5 Å². The molecule has 2 aromatic carbocycles. The maximum Gasteiger partial charge on any atom is 0.257 e. The lowest BCUT2D eigenvalue weighted by Gasteiger charge is -2.16. The van der Waals surface area contributed by atoms with Crippen LogP contribution in [0.25, 0.3) is 11.3 Å². The molecule has 1 aliphatic heterocycles. The van der Waals surface area contributed by atoms with Gasteiger partial charge in [0.15, 0.2) is 5.13 Å². The Labute approximate surface area is 161 Å². The van der Waals surface area contributed by atoms with E-state index in [1.165, 1.54) is 11.3 Å². The fraction of sp³-hybridized carbons (Fsp3) is 0.190. The number of hydrogen-bond donors (Lipinski definition) is 1. The van der Waals surface area contributed by atoms with Gasteiger partial charge in [0.05, 0.1) is 5.69 Å². The van der Waals surface area contributed by atoms with Crippen LogP contribution < -0.4 is 10.2 Å². The minimum absolute atomic E-state index is 0.107. The number of anilines is 2. The van der Waals surface area contributed by atoms with Crippen molar-refractivity contribution in [2.75, 3.05) is 16.8 Å². The summed E-state index contributed by atoms with van der Waals surface area (Å²) in [4.78, 5) is 32.0. The molecule has 6 heteroatoms. The van der Waals surface area contributed by atoms with E-state index in [-0.39, 0.29) is 11.8 Å². The molecule has 0 bridgehead atoms. The number of aromatic nitrogens is 1. The van der Waals surface area contributed by atoms with Gasteiger partial charge in [0.2, 0.25) is 5.91 Å². The smallest absolute Gasteiger partial charge is 0.257 e. The third-order valence-electron chi connectivity index (χ3n) is 4.56. The van der Waals surface area contributed by atoms with Crippen LogP contribution in [0.2, 0.25) is 0 Å². The molecule has 0 saturated carbocycles. The Balaban J connectivity index is 1.54. The molecule has 2 amide bonds. The average molecular weight is 377 g/mol. The Hall–Kier alpha value is -2.99. The van der Waals surface area contributed by atoms with Crippen molar-refractivity contribution in [1.29, 1.82) is 0 Å². The van der Waals surface area contributed by atoms with Gasteiger partial charge in [0.1, 0.15) is 0 Å². The molecule has 0 aliphatic carbocycles. The molecule has 3 aromatic rings. The van der Waals surface area contributed by atoms with Gasteiger partial charge in [-0.15, -0.1) is 11.3 Å². The summed E-state index contributed by atoms with van der Waals surface area (Å²) < 4.78 is 0. The molecule has 0 radical (unpaired) electrons. The van der Waals surface area contributed by atoms with Gasteiger partial charge < -0.3 is 4.90 Å². The molecule has 0 atom stereocenters. The highest BCUT2D eigenvalue weighted by molar-refractivity contribution is 7.16. The lowest BCUT2D eigenvalue weighted by Crippen LogP contribution is -2.24. The van der Waals surface area contributed by atoms with Crippen molar-refractivity contribution in [3.8, 4) is 11.3 Å². The molecule has 2 heterocycles. The third-order valence-corrected chi connectivity index (χ3v) is 5.44. The zero-order valence-corrected chi connectivity index (χ0v) is 15.8. The van der Waals surface area contributed by atoms with E-state index in [2.05, 4.69) is 10.3 Å². The van der Waals surface area contributed by atoms with E-state index in [0.717, 1.165) is 28.2 Å². The Bertz CT molecular complexity index is 998. The van der Waals surface area contributed by atoms with Crippen LogP contribution in [-0.4, -0.2) is 23.3 Å². The van der Waals surface area contributed by atoms with Crippen LogP contribution in [-0.2, 0) is 4.79 Å². The number of aryl methyl sites for hydroxylation is 1. The zero-order chi connectivity index (χ0) is 18.8. The second-order valence-corrected chi connectivity index (χ2v) is 7.65. The highest BCUT2D eigenvalue weighted by atomic mass is 32.1. The highest BCUT2D eigenvalue weighted by Gasteiger charge is 2.22. The highest BCUT2D eigenvalue weighted by Crippen LogP contribution is 2.30. The number of hydrogen-bond acceptors (Lipinski definition) is 4. The average Bonchev–Trinajstić information content (AvgIpc) is 3.28. The van der Waals surface area contributed by atoms with Crippen LogP contribution in [0.5, 0.6) is 0 Å². The van der Waals surface area contributed by atoms with E-state index < -0.39 is 0 Å². The van der Waals surface area contributed by atoms with Gasteiger partial charge in [0.25, 0.3) is 5.91 Å². The number of thiazole rings is 1. The first-order valence-electron chi connectivity index (χ1n) is 8.86. The number of carbonyl (C=O) groups is 2. The number of amides is 2. The number of carbonyl (C=O) groups excluding carboxylic acids is 2. The molecular formula is C21H19N3O2S. The van der Waals surface area contributed by atoms with E-state index in [1.807, 2.05) is 43.3 Å². The van der Waals surface area contributed by atoms with Crippen molar-refractivity contribution in [2.45, 2.75) is 19.8 Å². The van der Waals surface area contributed by atoms with Crippen LogP contribution >= 0.6 is 11.3 Å². The SMILES string of the molecule is Cc1sc(NC(=O)c2cccc(N3CCCC3=O)c2)nc1-c1ccccc1. The molecule has 0 spiro atoms. The first kappa shape index (κ1) is 17.4. The van der Waals surface area contributed by atoms with Gasteiger partial charge in [-0.2, -0.15) is 0 Å². The molecule has 1 aliphatic rings. The summed E-state index contributed by atoms with van der Waals surface area (Å²) in [5, 5.41) is 3.45. The molecular weight excluding hydrogens is 358 g/mol. The first-order valence-corrected chi connectivity index (χ1v) is 9.68. The molecule has 27 heavy (non-hydrogen) atoms. The summed E-state index contributed by atoms with van der Waals surface area (Å²) in [6.07, 6.45) is 1.42.